The normalized spacial score (nSPS) is 15.9. The first-order valence-electron chi connectivity index (χ1n) is 10.3. The summed E-state index contributed by atoms with van der Waals surface area (Å²) >= 11 is 0. The number of hydrogen-bond acceptors (Lipinski definition) is 2. The van der Waals surface area contributed by atoms with Crippen LogP contribution in [-0.4, -0.2) is 24.3 Å². The molecule has 0 saturated carbocycles. The van der Waals surface area contributed by atoms with E-state index in [2.05, 4.69) is 18.9 Å². The fourth-order valence-corrected chi connectivity index (χ4v) is 3.40. The summed E-state index contributed by atoms with van der Waals surface area (Å²) < 4.78 is 0. The Morgan fingerprint density at radius 3 is 1.57 bits per heavy atom. The molecule has 1 rings (SSSR count). The highest BCUT2D eigenvalue weighted by Crippen LogP contribution is 2.21. The van der Waals surface area contributed by atoms with Crippen LogP contribution in [0.25, 0.3) is 0 Å². The molecule has 23 heavy (non-hydrogen) atoms. The smallest absolute Gasteiger partial charge is 0.0835 e. The zero-order valence-electron chi connectivity index (χ0n) is 15.9. The van der Waals surface area contributed by atoms with Gasteiger partial charge in [-0.1, -0.05) is 97.3 Å². The summed E-state index contributed by atoms with van der Waals surface area (Å²) in [5.41, 5.74) is 0. The van der Waals surface area contributed by atoms with Crippen LogP contribution in [0.5, 0.6) is 0 Å². The number of unbranched alkanes of at least 4 members (excludes halogenated alkanes) is 11. The second-order valence-electron chi connectivity index (χ2n) is 7.09. The highest BCUT2D eigenvalue weighted by molar-refractivity contribution is 5.85. The van der Waals surface area contributed by atoms with Crippen molar-refractivity contribution in [1.29, 1.82) is 0 Å². The van der Waals surface area contributed by atoms with Crippen LogP contribution in [-0.2, 0) is 4.84 Å². The zero-order valence-corrected chi connectivity index (χ0v) is 16.7. The fourth-order valence-electron chi connectivity index (χ4n) is 3.40. The predicted molar refractivity (Wildman–Crippen MR) is 104 cm³/mol. The standard InChI is InChI=1S/C20H41NO.ClH/c1-3-5-7-8-9-10-11-12-13-14-15-17-20(16-6-4-2)21-18-19-22-21;/h20H,3-19H2,1-2H3;1H. The lowest BCUT2D eigenvalue weighted by Gasteiger charge is -2.37. The van der Waals surface area contributed by atoms with Gasteiger partial charge < -0.3 is 0 Å². The second-order valence-corrected chi connectivity index (χ2v) is 7.09. The van der Waals surface area contributed by atoms with Crippen molar-refractivity contribution in [3.8, 4) is 0 Å². The van der Waals surface area contributed by atoms with E-state index in [1.165, 1.54) is 96.3 Å². The van der Waals surface area contributed by atoms with Crippen molar-refractivity contribution in [2.24, 2.45) is 0 Å². The molecule has 0 radical (unpaired) electrons. The monoisotopic (exact) mass is 347 g/mol. The summed E-state index contributed by atoms with van der Waals surface area (Å²) in [6, 6.07) is 0.701. The Kier molecular flexibility index (Phi) is 17.2. The minimum Gasteiger partial charge on any atom is -0.297 e. The van der Waals surface area contributed by atoms with Crippen LogP contribution in [0.15, 0.2) is 0 Å². The van der Waals surface area contributed by atoms with E-state index < -0.39 is 0 Å². The minimum absolute atomic E-state index is 0. The Hall–Kier alpha value is 0.210. The first-order valence-corrected chi connectivity index (χ1v) is 10.3. The van der Waals surface area contributed by atoms with Gasteiger partial charge in [-0.2, -0.15) is 5.06 Å². The van der Waals surface area contributed by atoms with Gasteiger partial charge in [0, 0.05) is 12.6 Å². The lowest BCUT2D eigenvalue weighted by molar-refractivity contribution is -0.272. The molecule has 0 N–H and O–H groups in total. The molecular weight excluding hydrogens is 306 g/mol. The first-order chi connectivity index (χ1) is 10.9. The average molecular weight is 348 g/mol. The predicted octanol–water partition coefficient (Wildman–Crippen LogP) is 6.92. The fraction of sp³-hybridized carbons (Fsp3) is 1.00. The van der Waals surface area contributed by atoms with E-state index in [9.17, 15) is 0 Å². The van der Waals surface area contributed by atoms with Gasteiger partial charge in [0.1, 0.15) is 0 Å². The Morgan fingerprint density at radius 1 is 0.696 bits per heavy atom. The molecule has 0 aromatic rings. The molecule has 1 unspecified atom stereocenters. The number of hydrogen-bond donors (Lipinski definition) is 0. The third-order valence-electron chi connectivity index (χ3n) is 5.01. The Morgan fingerprint density at radius 2 is 1.13 bits per heavy atom. The van der Waals surface area contributed by atoms with Gasteiger partial charge in [-0.05, 0) is 12.8 Å². The van der Waals surface area contributed by atoms with Crippen molar-refractivity contribution in [3.05, 3.63) is 0 Å². The Balaban J connectivity index is 0.00000484. The first kappa shape index (κ1) is 23.2. The number of rotatable bonds is 16. The molecule has 3 heteroatoms. The maximum Gasteiger partial charge on any atom is 0.0835 e. The maximum absolute atomic E-state index is 5.57. The molecule has 0 aromatic heterocycles. The van der Waals surface area contributed by atoms with Gasteiger partial charge in [0.05, 0.1) is 6.61 Å². The van der Waals surface area contributed by atoms with E-state index in [4.69, 9.17) is 4.84 Å². The van der Waals surface area contributed by atoms with Crippen LogP contribution >= 0.6 is 12.4 Å². The summed E-state index contributed by atoms with van der Waals surface area (Å²) in [7, 11) is 0. The van der Waals surface area contributed by atoms with Crippen molar-refractivity contribution in [3.63, 3.8) is 0 Å². The quantitative estimate of drug-likeness (QED) is 0.281. The van der Waals surface area contributed by atoms with Crippen LogP contribution in [0.3, 0.4) is 0 Å². The topological polar surface area (TPSA) is 12.5 Å². The van der Waals surface area contributed by atoms with Gasteiger partial charge in [-0.15, -0.1) is 12.4 Å². The molecule has 0 spiro atoms. The number of halogens is 1. The van der Waals surface area contributed by atoms with Crippen LogP contribution in [0.1, 0.15) is 110 Å². The van der Waals surface area contributed by atoms with Crippen molar-refractivity contribution in [2.75, 3.05) is 13.2 Å². The largest absolute Gasteiger partial charge is 0.297 e. The molecule has 0 bridgehead atoms. The third-order valence-corrected chi connectivity index (χ3v) is 5.01. The van der Waals surface area contributed by atoms with Crippen LogP contribution in [0.4, 0.5) is 0 Å². The molecule has 0 aliphatic carbocycles. The van der Waals surface area contributed by atoms with Gasteiger partial charge in [-0.3, -0.25) is 4.84 Å². The highest BCUT2D eigenvalue weighted by atomic mass is 35.5. The van der Waals surface area contributed by atoms with E-state index >= 15 is 0 Å². The van der Waals surface area contributed by atoms with Gasteiger partial charge in [0.25, 0.3) is 0 Å². The van der Waals surface area contributed by atoms with Crippen molar-refractivity contribution in [1.82, 2.24) is 5.06 Å². The number of hydroxylamine groups is 2. The van der Waals surface area contributed by atoms with E-state index in [-0.39, 0.29) is 12.4 Å². The minimum atomic E-state index is 0. The van der Waals surface area contributed by atoms with Crippen LogP contribution in [0.2, 0.25) is 0 Å². The lowest BCUT2D eigenvalue weighted by atomic mass is 10.0. The summed E-state index contributed by atoms with van der Waals surface area (Å²) in [6.45, 7) is 6.69. The van der Waals surface area contributed by atoms with Crippen molar-refractivity contribution >= 4 is 12.4 Å². The van der Waals surface area contributed by atoms with Gasteiger partial charge in [-0.25, -0.2) is 0 Å². The molecule has 1 saturated heterocycles. The molecular formula is C20H42ClNO. The molecule has 1 atom stereocenters. The molecule has 1 aliphatic heterocycles. The molecule has 0 aromatic carbocycles. The summed E-state index contributed by atoms with van der Waals surface area (Å²) in [4.78, 5) is 5.57. The summed E-state index contributed by atoms with van der Waals surface area (Å²) in [6.07, 6.45) is 21.1. The molecule has 1 fully saturated rings. The van der Waals surface area contributed by atoms with Crippen LogP contribution in [0, 0.1) is 0 Å². The lowest BCUT2D eigenvalue weighted by Crippen LogP contribution is -2.46. The summed E-state index contributed by atoms with van der Waals surface area (Å²) in [5.74, 6) is 0. The summed E-state index contributed by atoms with van der Waals surface area (Å²) in [5, 5.41) is 2.24. The van der Waals surface area contributed by atoms with Crippen molar-refractivity contribution < 1.29 is 4.84 Å². The Bertz CT molecular complexity index is 234. The Labute approximate surface area is 152 Å². The zero-order chi connectivity index (χ0) is 15.9. The molecule has 1 heterocycles. The SMILES string of the molecule is CCCCCCCCCCCCCC(CCCC)N1CCO1.Cl. The third kappa shape index (κ3) is 12.3. The van der Waals surface area contributed by atoms with Crippen LogP contribution < -0.4 is 0 Å². The van der Waals surface area contributed by atoms with Crippen molar-refractivity contribution in [2.45, 2.75) is 116 Å². The average Bonchev–Trinajstić information content (AvgIpc) is 2.48. The molecule has 1 aliphatic rings. The van der Waals surface area contributed by atoms with E-state index in [0.717, 1.165) is 13.2 Å². The van der Waals surface area contributed by atoms with E-state index in [1.54, 1.807) is 0 Å². The molecule has 2 nitrogen and oxygen atoms in total. The highest BCUT2D eigenvalue weighted by Gasteiger charge is 2.24. The number of nitrogens with zero attached hydrogens (tertiary/aromatic N) is 1. The van der Waals surface area contributed by atoms with E-state index in [1.807, 2.05) is 0 Å². The van der Waals surface area contributed by atoms with Gasteiger partial charge in [0.2, 0.25) is 0 Å². The van der Waals surface area contributed by atoms with E-state index in [0.29, 0.717) is 6.04 Å². The maximum atomic E-state index is 5.57. The second kappa shape index (κ2) is 17.0. The van der Waals surface area contributed by atoms with Gasteiger partial charge in [0.15, 0.2) is 0 Å². The van der Waals surface area contributed by atoms with Gasteiger partial charge >= 0.3 is 0 Å². The molecule has 0 amide bonds. The molecule has 140 valence electrons.